The van der Waals surface area contributed by atoms with Gasteiger partial charge in [-0.2, -0.15) is 22.0 Å². The Morgan fingerprint density at radius 1 is 1.25 bits per heavy atom. The van der Waals surface area contributed by atoms with Crippen molar-refractivity contribution in [3.63, 3.8) is 0 Å². The Hall–Kier alpha value is -3.61. The van der Waals surface area contributed by atoms with Gasteiger partial charge in [-0.15, -0.1) is 10.2 Å². The second kappa shape index (κ2) is 11.9. The van der Waals surface area contributed by atoms with Gasteiger partial charge in [0.05, 0.1) is 5.56 Å². The standard InChI is InChI=1S/C22H22F5N5O.CH2O2/c1-2-32-9-3-4-14(12-32)29-20-15-7-8-28-11-17(15)19(30-31-20)16-6-5-13(22(25,26)27)10-18(16)33-21(23)24;2-1-3/h5-8,10-11,14,21H,2-4,9,12H2,1H3,(H,29,31);1H,(H,2,3)/t14-;/m1./s1. The lowest BCUT2D eigenvalue weighted by Gasteiger charge is -2.32. The zero-order valence-corrected chi connectivity index (χ0v) is 19.2. The molecule has 0 amide bonds. The summed E-state index contributed by atoms with van der Waals surface area (Å²) in [7, 11) is 0. The highest BCUT2D eigenvalue weighted by atomic mass is 19.4. The Balaban J connectivity index is 0.00000115. The van der Waals surface area contributed by atoms with E-state index in [4.69, 9.17) is 9.90 Å². The number of piperidine rings is 1. The van der Waals surface area contributed by atoms with Crippen LogP contribution in [-0.2, 0) is 11.0 Å². The summed E-state index contributed by atoms with van der Waals surface area (Å²) >= 11 is 0. The third kappa shape index (κ3) is 6.53. The Bertz CT molecular complexity index is 1180. The molecule has 4 rings (SSSR count). The number of hydrogen-bond acceptors (Lipinski definition) is 7. The fraction of sp³-hybridized carbons (Fsp3) is 0.391. The SMILES string of the molecule is CCN1CCC[C@@H](Nc2nnc(-c3ccc(C(F)(F)F)cc3OC(F)F)c3cnccc23)C1.O=CO. The van der Waals surface area contributed by atoms with E-state index in [-0.39, 0.29) is 23.8 Å². The van der Waals surface area contributed by atoms with Crippen molar-refractivity contribution in [3.8, 4) is 17.0 Å². The van der Waals surface area contributed by atoms with Crippen LogP contribution in [0.5, 0.6) is 5.75 Å². The number of anilines is 1. The third-order valence-electron chi connectivity index (χ3n) is 5.65. The van der Waals surface area contributed by atoms with Crippen LogP contribution in [0.25, 0.3) is 22.0 Å². The number of hydrogen-bond donors (Lipinski definition) is 2. The fourth-order valence-corrected chi connectivity index (χ4v) is 4.04. The van der Waals surface area contributed by atoms with Gasteiger partial charge in [-0.05, 0) is 50.2 Å². The molecule has 1 fully saturated rings. The second-order valence-corrected chi connectivity index (χ2v) is 7.89. The van der Waals surface area contributed by atoms with Crippen LogP contribution >= 0.6 is 0 Å². The Kier molecular flexibility index (Phi) is 8.91. The summed E-state index contributed by atoms with van der Waals surface area (Å²) in [6, 6.07) is 4.25. The van der Waals surface area contributed by atoms with Gasteiger partial charge in [0.2, 0.25) is 0 Å². The van der Waals surface area contributed by atoms with Crippen molar-refractivity contribution in [1.29, 1.82) is 0 Å². The molecule has 2 aromatic heterocycles. The molecule has 36 heavy (non-hydrogen) atoms. The van der Waals surface area contributed by atoms with Crippen LogP contribution in [-0.4, -0.2) is 63.9 Å². The molecule has 13 heteroatoms. The summed E-state index contributed by atoms with van der Waals surface area (Å²) in [5.41, 5.74) is -1.03. The molecule has 1 atom stereocenters. The first-order valence-corrected chi connectivity index (χ1v) is 11.0. The van der Waals surface area contributed by atoms with Gasteiger partial charge in [-0.25, -0.2) is 0 Å². The molecule has 1 saturated heterocycles. The Labute approximate surface area is 203 Å². The number of nitrogens with one attached hydrogen (secondary N) is 1. The van der Waals surface area contributed by atoms with E-state index in [9.17, 15) is 22.0 Å². The molecule has 0 bridgehead atoms. The molecule has 0 saturated carbocycles. The molecule has 194 valence electrons. The molecule has 0 radical (unpaired) electrons. The summed E-state index contributed by atoms with van der Waals surface area (Å²) in [6.07, 6.45) is 0.317. The maximum Gasteiger partial charge on any atom is 0.416 e. The molecule has 3 aromatic rings. The van der Waals surface area contributed by atoms with Crippen molar-refractivity contribution in [1.82, 2.24) is 20.1 Å². The molecule has 8 nitrogen and oxygen atoms in total. The average molecular weight is 513 g/mol. The molecule has 0 aliphatic carbocycles. The van der Waals surface area contributed by atoms with Gasteiger partial charge in [0.15, 0.2) is 5.82 Å². The monoisotopic (exact) mass is 513 g/mol. The highest BCUT2D eigenvalue weighted by Gasteiger charge is 2.32. The van der Waals surface area contributed by atoms with Crippen LogP contribution in [0, 0.1) is 0 Å². The van der Waals surface area contributed by atoms with Gasteiger partial charge in [0.1, 0.15) is 11.4 Å². The Morgan fingerprint density at radius 3 is 2.67 bits per heavy atom. The summed E-state index contributed by atoms with van der Waals surface area (Å²) in [6.45, 7) is 1.36. The van der Waals surface area contributed by atoms with Crippen LogP contribution in [0.4, 0.5) is 27.8 Å². The number of carbonyl (C=O) groups is 1. The van der Waals surface area contributed by atoms with Crippen molar-refractivity contribution in [2.75, 3.05) is 25.0 Å². The lowest BCUT2D eigenvalue weighted by Crippen LogP contribution is -2.42. The number of fused-ring (bicyclic) bond motifs is 1. The summed E-state index contributed by atoms with van der Waals surface area (Å²) < 4.78 is 69.8. The van der Waals surface area contributed by atoms with Gasteiger partial charge in [0.25, 0.3) is 6.47 Å². The molecule has 2 N–H and O–H groups in total. The Morgan fingerprint density at radius 2 is 2.00 bits per heavy atom. The maximum atomic E-state index is 13.1. The number of rotatable bonds is 6. The van der Waals surface area contributed by atoms with Gasteiger partial charge >= 0.3 is 12.8 Å². The molecule has 1 aliphatic rings. The summed E-state index contributed by atoms with van der Waals surface area (Å²) in [4.78, 5) is 14.8. The number of aromatic nitrogens is 3. The topological polar surface area (TPSA) is 100 Å². The number of alkyl halides is 5. The number of likely N-dealkylation sites (tertiary alicyclic amines) is 1. The van der Waals surface area contributed by atoms with Crippen LogP contribution in [0.1, 0.15) is 25.3 Å². The van der Waals surface area contributed by atoms with Crippen LogP contribution < -0.4 is 10.1 Å². The average Bonchev–Trinajstić information content (AvgIpc) is 2.84. The van der Waals surface area contributed by atoms with Crippen molar-refractivity contribution in [3.05, 3.63) is 42.2 Å². The van der Waals surface area contributed by atoms with E-state index < -0.39 is 24.1 Å². The molecule has 1 aliphatic heterocycles. The van der Waals surface area contributed by atoms with Gasteiger partial charge in [-0.3, -0.25) is 9.78 Å². The van der Waals surface area contributed by atoms with Gasteiger partial charge in [-0.1, -0.05) is 6.92 Å². The zero-order valence-electron chi connectivity index (χ0n) is 19.2. The highest BCUT2D eigenvalue weighted by Crippen LogP contribution is 2.39. The number of halogens is 5. The third-order valence-corrected chi connectivity index (χ3v) is 5.65. The first kappa shape index (κ1) is 27.0. The van der Waals surface area contributed by atoms with Crippen LogP contribution in [0.2, 0.25) is 0 Å². The number of ether oxygens (including phenoxy) is 1. The minimum atomic E-state index is -4.71. The molecule has 0 spiro atoms. The fourth-order valence-electron chi connectivity index (χ4n) is 4.04. The number of likely N-dealkylation sites (N-methyl/N-ethyl adjacent to an activating group) is 1. The first-order chi connectivity index (χ1) is 17.2. The van der Waals surface area contributed by atoms with E-state index in [1.165, 1.54) is 6.20 Å². The highest BCUT2D eigenvalue weighted by molar-refractivity contribution is 6.00. The van der Waals surface area contributed by atoms with Crippen molar-refractivity contribution >= 4 is 23.1 Å². The number of carboxylic acid groups (broad SMARTS) is 1. The predicted molar refractivity (Wildman–Crippen MR) is 122 cm³/mol. The largest absolute Gasteiger partial charge is 0.483 e. The van der Waals surface area contributed by atoms with Crippen molar-refractivity contribution in [2.24, 2.45) is 0 Å². The smallest absolute Gasteiger partial charge is 0.416 e. The van der Waals surface area contributed by atoms with E-state index in [1.807, 2.05) is 0 Å². The van der Waals surface area contributed by atoms with E-state index in [0.717, 1.165) is 44.6 Å². The van der Waals surface area contributed by atoms with Crippen molar-refractivity contribution in [2.45, 2.75) is 38.6 Å². The number of pyridine rings is 1. The predicted octanol–water partition coefficient (Wildman–Crippen LogP) is 4.91. The molecule has 1 aromatic carbocycles. The first-order valence-electron chi connectivity index (χ1n) is 11.0. The summed E-state index contributed by atoms with van der Waals surface area (Å²) in [5.74, 6) is -0.131. The number of nitrogens with zero attached hydrogens (tertiary/aromatic N) is 4. The molecular weight excluding hydrogens is 489 g/mol. The second-order valence-electron chi connectivity index (χ2n) is 7.89. The van der Waals surface area contributed by atoms with Gasteiger partial charge in [0, 0.05) is 41.3 Å². The van der Waals surface area contributed by atoms with E-state index in [2.05, 4.69) is 37.1 Å². The maximum absolute atomic E-state index is 13.1. The van der Waals surface area contributed by atoms with Gasteiger partial charge < -0.3 is 20.1 Å². The normalized spacial score (nSPS) is 16.4. The molecule has 3 heterocycles. The molecular formula is C23H24F5N5O3. The lowest BCUT2D eigenvalue weighted by atomic mass is 10.0. The quantitative estimate of drug-likeness (QED) is 0.354. The minimum absolute atomic E-state index is 0.0322. The van der Waals surface area contributed by atoms with E-state index >= 15 is 0 Å². The lowest BCUT2D eigenvalue weighted by molar-refractivity contribution is -0.138. The van der Waals surface area contributed by atoms with Crippen LogP contribution in [0.15, 0.2) is 36.7 Å². The minimum Gasteiger partial charge on any atom is -0.483 e. The van der Waals surface area contributed by atoms with E-state index in [0.29, 0.717) is 22.7 Å². The van der Waals surface area contributed by atoms with E-state index in [1.54, 1.807) is 12.3 Å². The number of benzene rings is 1. The van der Waals surface area contributed by atoms with Crippen LogP contribution in [0.3, 0.4) is 0 Å². The molecule has 0 unspecified atom stereocenters. The summed E-state index contributed by atoms with van der Waals surface area (Å²) in [5, 5.41) is 19.8. The van der Waals surface area contributed by atoms with Crippen molar-refractivity contribution < 1.29 is 36.6 Å². The zero-order chi connectivity index (χ0) is 26.3.